The number of benzene rings is 1. The standard InChI is InChI=1S/C41H53N5O8/c1-7-34-30(22-46-23-32(43-44-46)29-20-27-10-8-9-11-31(27)42-21-29)18-24(2)12-14-33(48)26(4)19-28(16-17-47)38(25(3)13-15-35(49)51-34)52-40-37(50)36(45(5)6)39-41(53-39)54-40/h8-12,14,17-18,20-21,23,25-26,28,30,34,36-41,50H,7,13,15-16,19,22H2,1-6H3/b14-12+,24-18+/t25-,26+,28-,30+,34+,36?,37?,38+,39?,40+,41-/m0/s1. The van der Waals surface area contributed by atoms with Gasteiger partial charge in [-0.15, -0.1) is 5.10 Å². The number of allylic oxidation sites excluding steroid dienone is 3. The SMILES string of the molecule is CC[C@H]1OC(=O)CC[C@H](C)[C@@H](O[C@@H]2O[C@@H]3OC3C(N(C)C)C2O)[C@@H](CC=O)C[C@@H](C)C(=O)/C=C/C(C)=C/[C@@H]1Cn1cc(-c2cnc3ccccc3c2)nn1. The Kier molecular flexibility index (Phi) is 12.9. The maximum atomic E-state index is 13.6. The van der Waals surface area contributed by atoms with Crippen LogP contribution in [0, 0.1) is 23.7 Å². The van der Waals surface area contributed by atoms with Crippen molar-refractivity contribution < 1.29 is 38.4 Å². The normalized spacial score (nSPS) is 34.1. The van der Waals surface area contributed by atoms with Crippen LogP contribution in [0.5, 0.6) is 0 Å². The molecule has 3 aromatic rings. The van der Waals surface area contributed by atoms with E-state index in [0.717, 1.165) is 28.3 Å². The maximum absolute atomic E-state index is 13.6. The molecule has 5 heterocycles. The zero-order valence-corrected chi connectivity index (χ0v) is 32.0. The Morgan fingerprint density at radius 1 is 1.13 bits per heavy atom. The molecule has 54 heavy (non-hydrogen) atoms. The molecule has 0 amide bonds. The number of ether oxygens (including phenoxy) is 4. The number of pyridine rings is 1. The Balaban J connectivity index is 1.24. The molecular formula is C41H53N5O8. The van der Waals surface area contributed by atoms with Gasteiger partial charge in [0.1, 0.15) is 30.3 Å². The third-order valence-corrected chi connectivity index (χ3v) is 10.9. The van der Waals surface area contributed by atoms with E-state index in [4.69, 9.17) is 18.9 Å². The van der Waals surface area contributed by atoms with Gasteiger partial charge in [0.2, 0.25) is 0 Å². The molecule has 3 aliphatic rings. The molecule has 290 valence electrons. The highest BCUT2D eigenvalue weighted by molar-refractivity contribution is 5.91. The molecule has 13 nitrogen and oxygen atoms in total. The lowest BCUT2D eigenvalue weighted by molar-refractivity contribution is -0.265. The van der Waals surface area contributed by atoms with Crippen molar-refractivity contribution >= 4 is 28.9 Å². The average molecular weight is 744 g/mol. The fourth-order valence-electron chi connectivity index (χ4n) is 7.87. The molecule has 1 N–H and O–H groups in total. The van der Waals surface area contributed by atoms with Crippen LogP contribution < -0.4 is 0 Å². The second-order valence-electron chi connectivity index (χ2n) is 15.3. The lowest BCUT2D eigenvalue weighted by Gasteiger charge is -2.40. The van der Waals surface area contributed by atoms with Gasteiger partial charge in [0.05, 0.1) is 30.4 Å². The number of aliphatic hydroxyl groups is 1. The van der Waals surface area contributed by atoms with E-state index in [9.17, 15) is 19.5 Å². The van der Waals surface area contributed by atoms with Crippen molar-refractivity contribution in [3.8, 4) is 11.3 Å². The smallest absolute Gasteiger partial charge is 0.306 e. The van der Waals surface area contributed by atoms with Gasteiger partial charge in [-0.2, -0.15) is 0 Å². The summed E-state index contributed by atoms with van der Waals surface area (Å²) < 4.78 is 26.1. The van der Waals surface area contributed by atoms with Gasteiger partial charge in [0.25, 0.3) is 0 Å². The number of para-hydroxylation sites is 1. The van der Waals surface area contributed by atoms with Crippen molar-refractivity contribution in [2.75, 3.05) is 14.1 Å². The first kappa shape index (κ1) is 39.6. The molecule has 3 unspecified atom stereocenters. The number of rotatable bonds is 9. The number of ketones is 1. The monoisotopic (exact) mass is 743 g/mol. The van der Waals surface area contributed by atoms with Gasteiger partial charge in [-0.05, 0) is 70.3 Å². The van der Waals surface area contributed by atoms with Crippen molar-refractivity contribution in [2.24, 2.45) is 23.7 Å². The fourth-order valence-corrected chi connectivity index (χ4v) is 7.87. The molecule has 11 atom stereocenters. The molecule has 6 rings (SSSR count). The summed E-state index contributed by atoms with van der Waals surface area (Å²) in [6.07, 6.45) is 7.56. The Morgan fingerprint density at radius 2 is 1.93 bits per heavy atom. The number of hydrogen-bond acceptors (Lipinski definition) is 12. The van der Waals surface area contributed by atoms with Crippen LogP contribution in [0.4, 0.5) is 0 Å². The Labute approximate surface area is 316 Å². The largest absolute Gasteiger partial charge is 0.462 e. The van der Waals surface area contributed by atoms with Gasteiger partial charge in [-0.1, -0.05) is 61.9 Å². The number of cyclic esters (lactones) is 1. The van der Waals surface area contributed by atoms with Crippen molar-refractivity contribution in [2.45, 2.75) is 109 Å². The van der Waals surface area contributed by atoms with Crippen LogP contribution in [0.2, 0.25) is 0 Å². The van der Waals surface area contributed by atoms with Gasteiger partial charge in [-0.3, -0.25) is 19.3 Å². The number of likely N-dealkylation sites (N-methyl/N-ethyl adjacent to an activating group) is 1. The predicted molar refractivity (Wildman–Crippen MR) is 201 cm³/mol. The number of hydrogen-bond donors (Lipinski definition) is 1. The minimum atomic E-state index is -1.01. The van der Waals surface area contributed by atoms with Gasteiger partial charge in [-0.25, -0.2) is 0 Å². The first-order valence-corrected chi connectivity index (χ1v) is 19.0. The number of carbonyl (C=O) groups is 3. The summed E-state index contributed by atoms with van der Waals surface area (Å²) in [6.45, 7) is 8.09. The van der Waals surface area contributed by atoms with Gasteiger partial charge in [0, 0.05) is 41.8 Å². The van der Waals surface area contributed by atoms with Crippen molar-refractivity contribution in [1.82, 2.24) is 24.9 Å². The van der Waals surface area contributed by atoms with Crippen LogP contribution in [0.1, 0.15) is 59.8 Å². The minimum Gasteiger partial charge on any atom is -0.462 e. The van der Waals surface area contributed by atoms with Gasteiger partial charge >= 0.3 is 5.97 Å². The van der Waals surface area contributed by atoms with Crippen LogP contribution >= 0.6 is 0 Å². The minimum absolute atomic E-state index is 0.0760. The second kappa shape index (κ2) is 17.5. The topological polar surface area (TPSA) is 158 Å². The van der Waals surface area contributed by atoms with E-state index in [2.05, 4.69) is 15.3 Å². The number of fused-ring (bicyclic) bond motifs is 2. The molecule has 2 fully saturated rings. The van der Waals surface area contributed by atoms with E-state index in [1.54, 1.807) is 23.0 Å². The van der Waals surface area contributed by atoms with E-state index in [-0.39, 0.29) is 54.5 Å². The van der Waals surface area contributed by atoms with E-state index in [1.165, 1.54) is 0 Å². The molecule has 1 aromatic carbocycles. The summed E-state index contributed by atoms with van der Waals surface area (Å²) in [6, 6.07) is 9.59. The van der Waals surface area contributed by atoms with Crippen molar-refractivity contribution in [1.29, 1.82) is 0 Å². The third-order valence-electron chi connectivity index (χ3n) is 10.9. The second-order valence-corrected chi connectivity index (χ2v) is 15.3. The summed E-state index contributed by atoms with van der Waals surface area (Å²) in [5, 5.41) is 21.2. The summed E-state index contributed by atoms with van der Waals surface area (Å²) in [5.74, 6) is -1.75. The predicted octanol–water partition coefficient (Wildman–Crippen LogP) is 4.92. The molecule has 13 heteroatoms. The number of aldehydes is 1. The van der Waals surface area contributed by atoms with Crippen molar-refractivity contribution in [3.63, 3.8) is 0 Å². The molecular weight excluding hydrogens is 690 g/mol. The Morgan fingerprint density at radius 3 is 2.69 bits per heavy atom. The van der Waals surface area contributed by atoms with Crippen LogP contribution in [0.15, 0.2) is 66.5 Å². The van der Waals surface area contributed by atoms with Gasteiger partial charge < -0.3 is 33.7 Å². The van der Waals surface area contributed by atoms with Crippen LogP contribution in [-0.4, -0.2) is 105 Å². The molecule has 0 bridgehead atoms. The lowest BCUT2D eigenvalue weighted by Crippen LogP contribution is -2.56. The molecule has 2 aromatic heterocycles. The highest BCUT2D eigenvalue weighted by Crippen LogP contribution is 2.40. The molecule has 0 saturated carbocycles. The first-order chi connectivity index (χ1) is 25.9. The van der Waals surface area contributed by atoms with Gasteiger partial charge in [0.15, 0.2) is 18.4 Å². The average Bonchev–Trinajstić information content (AvgIpc) is 3.76. The van der Waals surface area contributed by atoms with Crippen LogP contribution in [-0.2, 0) is 39.9 Å². The molecule has 3 aliphatic heterocycles. The Hall–Kier alpha value is -4.14. The number of carbonyl (C=O) groups excluding carboxylic acids is 3. The summed E-state index contributed by atoms with van der Waals surface area (Å²) >= 11 is 0. The molecule has 0 radical (unpaired) electrons. The molecule has 0 aliphatic carbocycles. The summed E-state index contributed by atoms with van der Waals surface area (Å²) in [7, 11) is 3.73. The maximum Gasteiger partial charge on any atom is 0.306 e. The van der Waals surface area contributed by atoms with E-state index >= 15 is 0 Å². The number of aliphatic hydroxyl groups excluding tert-OH is 1. The summed E-state index contributed by atoms with van der Waals surface area (Å²) in [5.41, 5.74) is 3.25. The molecule has 2 saturated heterocycles. The summed E-state index contributed by atoms with van der Waals surface area (Å²) in [4.78, 5) is 45.6. The Bertz CT molecular complexity index is 1840. The quantitative estimate of drug-likeness (QED) is 0.179. The lowest BCUT2D eigenvalue weighted by atomic mass is 9.80. The number of aromatic nitrogens is 4. The third kappa shape index (κ3) is 9.38. The van der Waals surface area contributed by atoms with E-state index in [1.807, 2.05) is 89.3 Å². The fraction of sp³-hybridized carbons (Fsp3) is 0.561. The number of nitrogens with zero attached hydrogens (tertiary/aromatic N) is 5. The van der Waals surface area contributed by atoms with Crippen LogP contribution in [0.25, 0.3) is 22.2 Å². The highest BCUT2D eigenvalue weighted by atomic mass is 16.8. The zero-order chi connectivity index (χ0) is 38.5. The van der Waals surface area contributed by atoms with Crippen molar-refractivity contribution in [3.05, 3.63) is 66.5 Å². The number of esters is 1. The first-order valence-electron chi connectivity index (χ1n) is 19.0. The zero-order valence-electron chi connectivity index (χ0n) is 32.0. The molecule has 0 spiro atoms. The van der Waals surface area contributed by atoms with E-state index < -0.39 is 36.8 Å². The highest BCUT2D eigenvalue weighted by Gasteiger charge is 2.58. The number of epoxide rings is 1. The van der Waals surface area contributed by atoms with E-state index in [0.29, 0.717) is 31.5 Å². The van der Waals surface area contributed by atoms with Crippen LogP contribution in [0.3, 0.4) is 0 Å².